The molecule has 6 nitrogen and oxygen atoms in total. The SMILES string of the molecule is COCCN(C)c1ncc(C(=O)N[C@@H]2CCCC[C@H]2O)cc1-c1ccc(C(F)(F)F)cc1. The largest absolute Gasteiger partial charge is 0.416 e. The van der Waals surface area contributed by atoms with E-state index in [-0.39, 0.29) is 17.5 Å². The average molecular weight is 451 g/mol. The van der Waals surface area contributed by atoms with Gasteiger partial charge < -0.3 is 20.1 Å². The van der Waals surface area contributed by atoms with E-state index in [1.165, 1.54) is 18.3 Å². The number of halogens is 3. The number of aliphatic hydroxyl groups is 1. The van der Waals surface area contributed by atoms with Gasteiger partial charge >= 0.3 is 6.18 Å². The van der Waals surface area contributed by atoms with Gasteiger partial charge in [-0.25, -0.2) is 4.98 Å². The molecule has 0 bridgehead atoms. The molecule has 0 saturated heterocycles. The third-order valence-corrected chi connectivity index (χ3v) is 5.69. The number of rotatable bonds is 7. The van der Waals surface area contributed by atoms with Crippen molar-refractivity contribution in [3.8, 4) is 11.1 Å². The number of carbonyl (C=O) groups is 1. The number of nitrogens with one attached hydrogen (secondary N) is 1. The number of aliphatic hydroxyl groups excluding tert-OH is 1. The van der Waals surface area contributed by atoms with Gasteiger partial charge in [-0.1, -0.05) is 25.0 Å². The van der Waals surface area contributed by atoms with Crippen LogP contribution in [0.1, 0.15) is 41.6 Å². The molecule has 32 heavy (non-hydrogen) atoms. The molecule has 0 unspecified atom stereocenters. The van der Waals surface area contributed by atoms with E-state index >= 15 is 0 Å². The van der Waals surface area contributed by atoms with Gasteiger partial charge in [-0.2, -0.15) is 13.2 Å². The number of alkyl halides is 3. The van der Waals surface area contributed by atoms with Gasteiger partial charge in [-0.05, 0) is 36.6 Å². The molecule has 1 aliphatic carbocycles. The second kappa shape index (κ2) is 10.3. The van der Waals surface area contributed by atoms with Gasteiger partial charge in [-0.3, -0.25) is 4.79 Å². The molecule has 1 fully saturated rings. The van der Waals surface area contributed by atoms with E-state index < -0.39 is 17.8 Å². The first kappa shape index (κ1) is 24.0. The monoisotopic (exact) mass is 451 g/mol. The third kappa shape index (κ3) is 5.77. The molecular formula is C23H28F3N3O3. The summed E-state index contributed by atoms with van der Waals surface area (Å²) in [6.45, 7) is 0.948. The van der Waals surface area contributed by atoms with Crippen molar-refractivity contribution in [1.82, 2.24) is 10.3 Å². The van der Waals surface area contributed by atoms with Crippen LogP contribution in [0.5, 0.6) is 0 Å². The standard InChI is InChI=1S/C23H28F3N3O3/c1-29(11-12-32-2)21-18(15-7-9-17(10-8-15)23(24,25)26)13-16(14-27-21)22(31)28-19-5-3-4-6-20(19)30/h7-10,13-14,19-20,30H,3-6,11-12H2,1-2H3,(H,28,31)/t19-,20-/m1/s1. The molecule has 2 atom stereocenters. The first-order chi connectivity index (χ1) is 15.2. The number of pyridine rings is 1. The summed E-state index contributed by atoms with van der Waals surface area (Å²) in [7, 11) is 3.37. The summed E-state index contributed by atoms with van der Waals surface area (Å²) >= 11 is 0. The molecule has 2 N–H and O–H groups in total. The van der Waals surface area contributed by atoms with Gasteiger partial charge in [0.1, 0.15) is 5.82 Å². The summed E-state index contributed by atoms with van der Waals surface area (Å²) in [5.74, 6) is 0.152. The zero-order chi connectivity index (χ0) is 23.3. The number of benzene rings is 1. The van der Waals surface area contributed by atoms with Crippen LogP contribution in [-0.2, 0) is 10.9 Å². The fourth-order valence-corrected chi connectivity index (χ4v) is 3.80. The highest BCUT2D eigenvalue weighted by molar-refractivity contribution is 5.96. The molecule has 2 aromatic rings. The summed E-state index contributed by atoms with van der Waals surface area (Å²) in [4.78, 5) is 19.1. The van der Waals surface area contributed by atoms with E-state index in [9.17, 15) is 23.1 Å². The molecular weight excluding hydrogens is 423 g/mol. The van der Waals surface area contributed by atoms with E-state index in [1.54, 1.807) is 20.2 Å². The lowest BCUT2D eigenvalue weighted by molar-refractivity contribution is -0.137. The van der Waals surface area contributed by atoms with Crippen molar-refractivity contribution in [3.63, 3.8) is 0 Å². The summed E-state index contributed by atoms with van der Waals surface area (Å²) in [6, 6.07) is 6.08. The Hall–Kier alpha value is -2.65. The Kier molecular flexibility index (Phi) is 7.73. The minimum Gasteiger partial charge on any atom is -0.391 e. The smallest absolute Gasteiger partial charge is 0.391 e. The molecule has 1 aliphatic rings. The highest BCUT2D eigenvalue weighted by Gasteiger charge is 2.30. The fraction of sp³-hybridized carbons (Fsp3) is 0.478. The Bertz CT molecular complexity index is 919. The quantitative estimate of drug-likeness (QED) is 0.668. The van der Waals surface area contributed by atoms with Gasteiger partial charge in [0.25, 0.3) is 5.91 Å². The molecule has 1 saturated carbocycles. The van der Waals surface area contributed by atoms with Crippen molar-refractivity contribution >= 4 is 11.7 Å². The Balaban J connectivity index is 1.93. The van der Waals surface area contributed by atoms with Crippen molar-refractivity contribution < 1.29 is 27.8 Å². The number of amides is 1. The van der Waals surface area contributed by atoms with Crippen molar-refractivity contribution in [3.05, 3.63) is 47.7 Å². The first-order valence-corrected chi connectivity index (χ1v) is 10.6. The lowest BCUT2D eigenvalue weighted by atomic mass is 9.92. The Labute approximate surface area is 185 Å². The Morgan fingerprint density at radius 2 is 1.94 bits per heavy atom. The van der Waals surface area contributed by atoms with Crippen LogP contribution in [0.25, 0.3) is 11.1 Å². The van der Waals surface area contributed by atoms with Crippen LogP contribution in [0.2, 0.25) is 0 Å². The number of carbonyl (C=O) groups excluding carboxylic acids is 1. The van der Waals surface area contributed by atoms with E-state index in [4.69, 9.17) is 4.74 Å². The molecule has 0 aliphatic heterocycles. The maximum atomic E-state index is 13.0. The normalized spacial score (nSPS) is 18.9. The van der Waals surface area contributed by atoms with Crippen molar-refractivity contribution in [1.29, 1.82) is 0 Å². The van der Waals surface area contributed by atoms with Gasteiger partial charge in [0, 0.05) is 32.5 Å². The highest BCUT2D eigenvalue weighted by Crippen LogP contribution is 2.34. The van der Waals surface area contributed by atoms with Gasteiger partial charge in [-0.15, -0.1) is 0 Å². The third-order valence-electron chi connectivity index (χ3n) is 5.69. The van der Waals surface area contributed by atoms with Gasteiger partial charge in [0.15, 0.2) is 0 Å². The van der Waals surface area contributed by atoms with E-state index in [2.05, 4.69) is 10.3 Å². The zero-order valence-corrected chi connectivity index (χ0v) is 18.2. The lowest BCUT2D eigenvalue weighted by Crippen LogP contribution is -2.45. The Morgan fingerprint density at radius 3 is 2.56 bits per heavy atom. The second-order valence-electron chi connectivity index (χ2n) is 8.02. The number of anilines is 1. The number of nitrogens with zero attached hydrogens (tertiary/aromatic N) is 2. The van der Waals surface area contributed by atoms with E-state index in [1.807, 2.05) is 4.90 Å². The lowest BCUT2D eigenvalue weighted by Gasteiger charge is -2.28. The van der Waals surface area contributed by atoms with Crippen LogP contribution in [0.15, 0.2) is 36.5 Å². The summed E-state index contributed by atoms with van der Waals surface area (Å²) in [6.07, 6.45) is -0.383. The molecule has 0 radical (unpaired) electrons. The second-order valence-corrected chi connectivity index (χ2v) is 8.02. The van der Waals surface area contributed by atoms with Gasteiger partial charge in [0.2, 0.25) is 0 Å². The number of hydrogen-bond acceptors (Lipinski definition) is 5. The van der Waals surface area contributed by atoms with Crippen molar-refractivity contribution in [2.45, 2.75) is 44.0 Å². The molecule has 1 aromatic carbocycles. The summed E-state index contributed by atoms with van der Waals surface area (Å²) in [5.41, 5.74) is 0.580. The van der Waals surface area contributed by atoms with Crippen LogP contribution in [0.3, 0.4) is 0 Å². The first-order valence-electron chi connectivity index (χ1n) is 10.6. The number of methoxy groups -OCH3 is 1. The zero-order valence-electron chi connectivity index (χ0n) is 18.2. The van der Waals surface area contributed by atoms with Crippen LogP contribution >= 0.6 is 0 Å². The molecule has 3 rings (SSSR count). The van der Waals surface area contributed by atoms with Gasteiger partial charge in [0.05, 0.1) is 29.9 Å². The molecule has 1 heterocycles. The number of likely N-dealkylation sites (N-methyl/N-ethyl adjacent to an activating group) is 1. The van der Waals surface area contributed by atoms with Crippen molar-refractivity contribution in [2.75, 3.05) is 32.2 Å². The molecule has 1 aromatic heterocycles. The maximum Gasteiger partial charge on any atom is 0.416 e. The van der Waals surface area contributed by atoms with E-state index in [0.717, 1.165) is 25.0 Å². The summed E-state index contributed by atoms with van der Waals surface area (Å²) in [5, 5.41) is 13.0. The highest BCUT2D eigenvalue weighted by atomic mass is 19.4. The average Bonchev–Trinajstić information content (AvgIpc) is 2.78. The predicted molar refractivity (Wildman–Crippen MR) is 116 cm³/mol. The van der Waals surface area contributed by atoms with Crippen LogP contribution in [0.4, 0.5) is 19.0 Å². The number of hydrogen-bond donors (Lipinski definition) is 2. The minimum absolute atomic E-state index is 0.279. The summed E-state index contributed by atoms with van der Waals surface area (Å²) < 4.78 is 44.1. The Morgan fingerprint density at radius 1 is 1.25 bits per heavy atom. The fourth-order valence-electron chi connectivity index (χ4n) is 3.80. The molecule has 1 amide bonds. The van der Waals surface area contributed by atoms with Crippen LogP contribution < -0.4 is 10.2 Å². The molecule has 0 spiro atoms. The topological polar surface area (TPSA) is 74.7 Å². The van der Waals surface area contributed by atoms with Crippen LogP contribution in [-0.4, -0.2) is 55.5 Å². The number of aromatic nitrogens is 1. The minimum atomic E-state index is -4.43. The number of ether oxygens (including phenoxy) is 1. The molecule has 174 valence electrons. The molecule has 9 heteroatoms. The van der Waals surface area contributed by atoms with Crippen LogP contribution in [0, 0.1) is 0 Å². The van der Waals surface area contributed by atoms with Crippen molar-refractivity contribution in [2.24, 2.45) is 0 Å². The predicted octanol–water partition coefficient (Wildman–Crippen LogP) is 3.88. The van der Waals surface area contributed by atoms with E-state index in [0.29, 0.717) is 42.9 Å². The maximum absolute atomic E-state index is 13.0.